The molecule has 1 aromatic carbocycles. The Morgan fingerprint density at radius 3 is 3.05 bits per heavy atom. The van der Waals surface area contributed by atoms with Gasteiger partial charge in [0.2, 0.25) is 0 Å². The number of nitrogen functional groups attached to an aromatic ring is 1. The Morgan fingerprint density at radius 2 is 2.32 bits per heavy atom. The maximum absolute atomic E-state index is 8.99. The van der Waals surface area contributed by atoms with Gasteiger partial charge < -0.3 is 20.5 Å². The largest absolute Gasteiger partial charge is 0.492 e. The molecule has 1 saturated heterocycles. The predicted octanol–water partition coefficient (Wildman–Crippen LogP) is 2.41. The zero-order valence-corrected chi connectivity index (χ0v) is 11.6. The van der Waals surface area contributed by atoms with Crippen molar-refractivity contribution in [2.24, 2.45) is 0 Å². The minimum atomic E-state index is 0.263. The molecule has 0 radical (unpaired) electrons. The van der Waals surface area contributed by atoms with E-state index in [9.17, 15) is 0 Å². The molecule has 1 aliphatic heterocycles. The third-order valence-electron chi connectivity index (χ3n) is 3.72. The predicted molar refractivity (Wildman–Crippen MR) is 78.7 cm³/mol. The molecule has 1 atom stereocenters. The van der Waals surface area contributed by atoms with E-state index in [1.54, 1.807) is 0 Å². The molecule has 0 spiro atoms. The summed E-state index contributed by atoms with van der Waals surface area (Å²) in [6.45, 7) is 3.89. The van der Waals surface area contributed by atoms with Gasteiger partial charge in [0.1, 0.15) is 5.75 Å². The van der Waals surface area contributed by atoms with Crippen LogP contribution in [-0.4, -0.2) is 30.9 Å². The van der Waals surface area contributed by atoms with Gasteiger partial charge in [0.25, 0.3) is 0 Å². The monoisotopic (exact) mass is 264 g/mol. The fourth-order valence-electron chi connectivity index (χ4n) is 2.84. The fourth-order valence-corrected chi connectivity index (χ4v) is 2.84. The van der Waals surface area contributed by atoms with Gasteiger partial charge in [-0.25, -0.2) is 0 Å². The number of hydrogen-bond acceptors (Lipinski definition) is 4. The molecule has 1 unspecified atom stereocenters. The number of aliphatic hydroxyl groups is 1. The van der Waals surface area contributed by atoms with Gasteiger partial charge in [-0.05, 0) is 44.7 Å². The normalized spacial score (nSPS) is 18.8. The van der Waals surface area contributed by atoms with Crippen LogP contribution in [0.4, 0.5) is 11.4 Å². The van der Waals surface area contributed by atoms with Crippen LogP contribution in [0.5, 0.6) is 5.75 Å². The molecule has 1 fully saturated rings. The van der Waals surface area contributed by atoms with Crippen LogP contribution in [0, 0.1) is 0 Å². The number of rotatable bonds is 6. The van der Waals surface area contributed by atoms with E-state index in [1.807, 2.05) is 19.1 Å². The minimum Gasteiger partial charge on any atom is -0.492 e. The number of nitrogens with two attached hydrogens (primary N) is 1. The highest BCUT2D eigenvalue weighted by Gasteiger charge is 2.26. The van der Waals surface area contributed by atoms with Crippen LogP contribution in [0.15, 0.2) is 18.2 Å². The number of benzene rings is 1. The number of hydrogen-bond donors (Lipinski definition) is 2. The third-order valence-corrected chi connectivity index (χ3v) is 3.72. The van der Waals surface area contributed by atoms with E-state index in [4.69, 9.17) is 15.6 Å². The molecule has 106 valence electrons. The van der Waals surface area contributed by atoms with Crippen molar-refractivity contribution in [2.75, 3.05) is 30.4 Å². The molecule has 1 heterocycles. The molecule has 3 N–H and O–H groups in total. The Kier molecular flexibility index (Phi) is 4.91. The molecular weight excluding hydrogens is 240 g/mol. The SMILES string of the molecule is CCOc1cccc(N2CCCC2CCCO)c1N. The maximum Gasteiger partial charge on any atom is 0.144 e. The van der Waals surface area contributed by atoms with E-state index >= 15 is 0 Å². The second-order valence-electron chi connectivity index (χ2n) is 4.98. The number of anilines is 2. The van der Waals surface area contributed by atoms with Crippen LogP contribution in [0.1, 0.15) is 32.6 Å². The number of para-hydroxylation sites is 1. The average molecular weight is 264 g/mol. The van der Waals surface area contributed by atoms with Gasteiger partial charge in [0, 0.05) is 19.2 Å². The molecule has 2 rings (SSSR count). The summed E-state index contributed by atoms with van der Waals surface area (Å²) in [4.78, 5) is 2.37. The summed E-state index contributed by atoms with van der Waals surface area (Å²) in [6.07, 6.45) is 4.24. The van der Waals surface area contributed by atoms with Gasteiger partial charge in [-0.15, -0.1) is 0 Å². The zero-order valence-electron chi connectivity index (χ0n) is 11.6. The lowest BCUT2D eigenvalue weighted by Gasteiger charge is -2.28. The topological polar surface area (TPSA) is 58.7 Å². The molecule has 1 aromatic rings. The van der Waals surface area contributed by atoms with Gasteiger partial charge in [-0.3, -0.25) is 0 Å². The van der Waals surface area contributed by atoms with Crippen molar-refractivity contribution < 1.29 is 9.84 Å². The van der Waals surface area contributed by atoms with Crippen molar-refractivity contribution in [2.45, 2.75) is 38.6 Å². The Hall–Kier alpha value is -1.42. The number of nitrogens with zero attached hydrogens (tertiary/aromatic N) is 1. The Balaban J connectivity index is 2.18. The maximum atomic E-state index is 8.99. The minimum absolute atomic E-state index is 0.263. The summed E-state index contributed by atoms with van der Waals surface area (Å²) in [5.74, 6) is 0.771. The summed E-state index contributed by atoms with van der Waals surface area (Å²) < 4.78 is 5.56. The molecule has 1 aliphatic rings. The lowest BCUT2D eigenvalue weighted by Crippen LogP contribution is -2.30. The van der Waals surface area contributed by atoms with Crippen LogP contribution in [0.2, 0.25) is 0 Å². The molecule has 4 heteroatoms. The Bertz CT molecular complexity index is 409. The molecule has 0 bridgehead atoms. The van der Waals surface area contributed by atoms with Crippen molar-refractivity contribution >= 4 is 11.4 Å². The van der Waals surface area contributed by atoms with Crippen LogP contribution >= 0.6 is 0 Å². The van der Waals surface area contributed by atoms with Gasteiger partial charge in [0.05, 0.1) is 18.0 Å². The van der Waals surface area contributed by atoms with E-state index in [0.717, 1.165) is 36.5 Å². The first-order valence-electron chi connectivity index (χ1n) is 7.16. The fraction of sp³-hybridized carbons (Fsp3) is 0.600. The van der Waals surface area contributed by atoms with Crippen molar-refractivity contribution in [3.05, 3.63) is 18.2 Å². The van der Waals surface area contributed by atoms with E-state index in [2.05, 4.69) is 11.0 Å². The van der Waals surface area contributed by atoms with Gasteiger partial charge in [-0.2, -0.15) is 0 Å². The van der Waals surface area contributed by atoms with E-state index in [-0.39, 0.29) is 6.61 Å². The third kappa shape index (κ3) is 3.13. The Labute approximate surface area is 115 Å². The second kappa shape index (κ2) is 6.66. The van der Waals surface area contributed by atoms with Gasteiger partial charge in [-0.1, -0.05) is 6.07 Å². The lowest BCUT2D eigenvalue weighted by atomic mass is 10.1. The number of ether oxygens (including phenoxy) is 1. The first-order valence-corrected chi connectivity index (χ1v) is 7.16. The molecule has 0 amide bonds. The number of aliphatic hydroxyl groups excluding tert-OH is 1. The zero-order chi connectivity index (χ0) is 13.7. The summed E-state index contributed by atoms with van der Waals surface area (Å²) in [5.41, 5.74) is 8.04. The van der Waals surface area contributed by atoms with Crippen molar-refractivity contribution in [1.82, 2.24) is 0 Å². The van der Waals surface area contributed by atoms with Gasteiger partial charge >= 0.3 is 0 Å². The first kappa shape index (κ1) is 14.0. The average Bonchev–Trinajstić information content (AvgIpc) is 2.87. The molecule has 19 heavy (non-hydrogen) atoms. The molecule has 0 saturated carbocycles. The first-order chi connectivity index (χ1) is 9.27. The smallest absolute Gasteiger partial charge is 0.144 e. The van der Waals surface area contributed by atoms with E-state index in [1.165, 1.54) is 12.8 Å². The quantitative estimate of drug-likeness (QED) is 0.775. The summed E-state index contributed by atoms with van der Waals surface area (Å²) in [6, 6.07) is 6.47. The van der Waals surface area contributed by atoms with Crippen LogP contribution in [0.25, 0.3) is 0 Å². The standard InChI is InChI=1S/C15H24N2O2/c1-2-19-14-9-3-8-13(15(14)16)17-10-4-6-12(17)7-5-11-18/h3,8-9,12,18H,2,4-7,10-11,16H2,1H3. The summed E-state index contributed by atoms with van der Waals surface area (Å²) >= 11 is 0. The van der Waals surface area contributed by atoms with Gasteiger partial charge in [0.15, 0.2) is 0 Å². The lowest BCUT2D eigenvalue weighted by molar-refractivity contribution is 0.279. The highest BCUT2D eigenvalue weighted by Crippen LogP contribution is 2.37. The molecule has 0 aliphatic carbocycles. The van der Waals surface area contributed by atoms with E-state index < -0.39 is 0 Å². The Morgan fingerprint density at radius 1 is 1.47 bits per heavy atom. The summed E-state index contributed by atoms with van der Waals surface area (Å²) in [7, 11) is 0. The molecular formula is C15H24N2O2. The highest BCUT2D eigenvalue weighted by atomic mass is 16.5. The molecule has 4 nitrogen and oxygen atoms in total. The van der Waals surface area contributed by atoms with Crippen LogP contribution in [-0.2, 0) is 0 Å². The molecule has 0 aromatic heterocycles. The van der Waals surface area contributed by atoms with Crippen LogP contribution < -0.4 is 15.4 Å². The highest BCUT2D eigenvalue weighted by molar-refractivity contribution is 5.74. The van der Waals surface area contributed by atoms with E-state index in [0.29, 0.717) is 12.6 Å². The van der Waals surface area contributed by atoms with Crippen molar-refractivity contribution in [1.29, 1.82) is 0 Å². The van der Waals surface area contributed by atoms with Crippen LogP contribution in [0.3, 0.4) is 0 Å². The summed E-state index contributed by atoms with van der Waals surface area (Å²) in [5, 5.41) is 8.99. The van der Waals surface area contributed by atoms with Crippen molar-refractivity contribution in [3.8, 4) is 5.75 Å². The van der Waals surface area contributed by atoms with Crippen molar-refractivity contribution in [3.63, 3.8) is 0 Å². The second-order valence-corrected chi connectivity index (χ2v) is 4.98.